The molecular weight excluding hydrogens is 434 g/mol. The molecule has 6 nitrogen and oxygen atoms in total. The minimum Gasteiger partial charge on any atom is -0.507 e. The molecular formula is C19H19BrClN3O3. The summed E-state index contributed by atoms with van der Waals surface area (Å²) in [6.45, 7) is 2.37. The molecule has 3 rings (SSSR count). The van der Waals surface area contributed by atoms with Crippen molar-refractivity contribution in [1.82, 2.24) is 9.80 Å². The third-order valence-corrected chi connectivity index (χ3v) is 5.19. The summed E-state index contributed by atoms with van der Waals surface area (Å²) in [6.07, 6.45) is 0. The Labute approximate surface area is 170 Å². The number of nitrogens with zero attached hydrogens (tertiary/aromatic N) is 2. The molecule has 2 aromatic carbocycles. The molecule has 0 atom stereocenters. The van der Waals surface area contributed by atoms with Gasteiger partial charge in [0, 0.05) is 30.7 Å². The maximum atomic E-state index is 12.6. The van der Waals surface area contributed by atoms with Gasteiger partial charge in [0.2, 0.25) is 5.91 Å². The van der Waals surface area contributed by atoms with E-state index in [4.69, 9.17) is 11.6 Å². The molecule has 2 amide bonds. The Hall–Kier alpha value is -2.09. The molecule has 8 heteroatoms. The first-order valence-electron chi connectivity index (χ1n) is 8.48. The van der Waals surface area contributed by atoms with Gasteiger partial charge in [0.1, 0.15) is 5.75 Å². The summed E-state index contributed by atoms with van der Waals surface area (Å²) < 4.78 is 0.735. The van der Waals surface area contributed by atoms with Gasteiger partial charge >= 0.3 is 0 Å². The van der Waals surface area contributed by atoms with Crippen LogP contribution in [0.2, 0.25) is 5.02 Å². The molecule has 0 aliphatic carbocycles. The molecule has 1 saturated heterocycles. The molecule has 1 aliphatic heterocycles. The van der Waals surface area contributed by atoms with Crippen LogP contribution in [0, 0.1) is 0 Å². The first-order valence-corrected chi connectivity index (χ1v) is 9.65. The summed E-state index contributed by atoms with van der Waals surface area (Å²) in [4.78, 5) is 28.5. The van der Waals surface area contributed by atoms with Crippen LogP contribution in [0.25, 0.3) is 0 Å². The number of carbonyl (C=O) groups excluding carboxylic acids is 2. The molecule has 1 heterocycles. The van der Waals surface area contributed by atoms with Crippen molar-refractivity contribution >= 4 is 45.0 Å². The lowest BCUT2D eigenvalue weighted by molar-refractivity contribution is -0.117. The van der Waals surface area contributed by atoms with Gasteiger partial charge in [-0.1, -0.05) is 39.7 Å². The molecule has 0 bridgehead atoms. The average molecular weight is 453 g/mol. The van der Waals surface area contributed by atoms with Crippen LogP contribution in [0.4, 0.5) is 5.69 Å². The van der Waals surface area contributed by atoms with Crippen LogP contribution in [0.3, 0.4) is 0 Å². The highest BCUT2D eigenvalue weighted by Crippen LogP contribution is 2.24. The Kier molecular flexibility index (Phi) is 6.36. The number of aromatic hydroxyl groups is 1. The number of nitrogens with one attached hydrogen (secondary N) is 1. The fraction of sp³-hybridized carbons (Fsp3) is 0.263. The highest BCUT2D eigenvalue weighted by Gasteiger charge is 2.25. The van der Waals surface area contributed by atoms with E-state index in [-0.39, 0.29) is 29.7 Å². The molecule has 0 saturated carbocycles. The standard InChI is InChI=1S/C19H19BrClN3O3/c20-13-5-6-17(25)14(11-13)19(27)24-9-7-23(8-10-24)12-18(26)22-16-4-2-1-3-15(16)21/h1-6,11,25H,7-10,12H2,(H,22,26). The molecule has 0 radical (unpaired) electrons. The lowest BCUT2D eigenvalue weighted by atomic mass is 10.1. The molecule has 142 valence electrons. The van der Waals surface area contributed by atoms with Crippen molar-refractivity contribution in [2.75, 3.05) is 38.0 Å². The van der Waals surface area contributed by atoms with Crippen molar-refractivity contribution in [2.24, 2.45) is 0 Å². The van der Waals surface area contributed by atoms with Gasteiger partial charge < -0.3 is 15.3 Å². The smallest absolute Gasteiger partial charge is 0.257 e. The van der Waals surface area contributed by atoms with Crippen LogP contribution in [0.5, 0.6) is 5.75 Å². The number of hydrogen-bond donors (Lipinski definition) is 2. The maximum absolute atomic E-state index is 12.6. The number of rotatable bonds is 4. The number of halogens is 2. The SMILES string of the molecule is O=C(CN1CCN(C(=O)c2cc(Br)ccc2O)CC1)Nc1ccccc1Cl. The minimum atomic E-state index is -0.214. The normalized spacial score (nSPS) is 14.8. The van der Waals surface area contributed by atoms with Crippen LogP contribution in [-0.4, -0.2) is 59.4 Å². The van der Waals surface area contributed by atoms with Crippen molar-refractivity contribution < 1.29 is 14.7 Å². The number of para-hydroxylation sites is 1. The van der Waals surface area contributed by atoms with Gasteiger partial charge in [0.15, 0.2) is 0 Å². The molecule has 1 aliphatic rings. The predicted octanol–water partition coefficient (Wildman–Crippen LogP) is 3.20. The first kappa shape index (κ1) is 19.7. The van der Waals surface area contributed by atoms with Crippen molar-refractivity contribution in [3.05, 3.63) is 57.5 Å². The second kappa shape index (κ2) is 8.73. The number of hydrogen-bond acceptors (Lipinski definition) is 4. The molecule has 0 spiro atoms. The van der Waals surface area contributed by atoms with E-state index in [0.717, 1.165) is 4.47 Å². The van der Waals surface area contributed by atoms with Crippen LogP contribution in [0.1, 0.15) is 10.4 Å². The zero-order valence-electron chi connectivity index (χ0n) is 14.5. The van der Waals surface area contributed by atoms with Gasteiger partial charge in [0.05, 0.1) is 22.8 Å². The quantitative estimate of drug-likeness (QED) is 0.747. The Balaban J connectivity index is 1.53. The van der Waals surface area contributed by atoms with E-state index >= 15 is 0 Å². The molecule has 27 heavy (non-hydrogen) atoms. The Bertz CT molecular complexity index is 854. The Morgan fingerprint density at radius 1 is 1.11 bits per heavy atom. The molecule has 2 N–H and O–H groups in total. The highest BCUT2D eigenvalue weighted by atomic mass is 79.9. The fourth-order valence-corrected chi connectivity index (χ4v) is 3.46. The second-order valence-corrected chi connectivity index (χ2v) is 7.58. The summed E-state index contributed by atoms with van der Waals surface area (Å²) in [5.74, 6) is -0.397. The van der Waals surface area contributed by atoms with Crippen molar-refractivity contribution in [3.8, 4) is 5.75 Å². The third kappa shape index (κ3) is 5.00. The number of benzene rings is 2. The Morgan fingerprint density at radius 3 is 2.52 bits per heavy atom. The zero-order valence-corrected chi connectivity index (χ0v) is 16.8. The second-order valence-electron chi connectivity index (χ2n) is 6.26. The summed E-state index contributed by atoms with van der Waals surface area (Å²) in [7, 11) is 0. The van der Waals surface area contributed by atoms with Gasteiger partial charge in [-0.15, -0.1) is 0 Å². The van der Waals surface area contributed by atoms with E-state index < -0.39 is 0 Å². The topological polar surface area (TPSA) is 72.9 Å². The predicted molar refractivity (Wildman–Crippen MR) is 108 cm³/mol. The van der Waals surface area contributed by atoms with E-state index in [2.05, 4.69) is 21.2 Å². The van der Waals surface area contributed by atoms with Gasteiger partial charge in [-0.2, -0.15) is 0 Å². The number of phenolic OH excluding ortho intramolecular Hbond substituents is 1. The number of carbonyl (C=O) groups is 2. The molecule has 2 aromatic rings. The van der Waals surface area contributed by atoms with Crippen LogP contribution in [0.15, 0.2) is 46.9 Å². The lowest BCUT2D eigenvalue weighted by Gasteiger charge is -2.34. The maximum Gasteiger partial charge on any atom is 0.257 e. The van der Waals surface area contributed by atoms with Crippen LogP contribution < -0.4 is 5.32 Å². The largest absolute Gasteiger partial charge is 0.507 e. The minimum absolute atomic E-state index is 0.0373. The van der Waals surface area contributed by atoms with Gasteiger partial charge in [-0.05, 0) is 30.3 Å². The highest BCUT2D eigenvalue weighted by molar-refractivity contribution is 9.10. The van der Waals surface area contributed by atoms with E-state index in [0.29, 0.717) is 36.9 Å². The van der Waals surface area contributed by atoms with Crippen LogP contribution in [-0.2, 0) is 4.79 Å². The first-order chi connectivity index (χ1) is 12.9. The van der Waals surface area contributed by atoms with Gasteiger partial charge in [-0.25, -0.2) is 0 Å². The molecule has 0 aromatic heterocycles. The summed E-state index contributed by atoms with van der Waals surface area (Å²) >= 11 is 9.36. The van der Waals surface area contributed by atoms with E-state index in [1.165, 1.54) is 6.07 Å². The van der Waals surface area contributed by atoms with Crippen molar-refractivity contribution in [3.63, 3.8) is 0 Å². The Morgan fingerprint density at radius 2 is 1.81 bits per heavy atom. The fourth-order valence-electron chi connectivity index (χ4n) is 2.91. The van der Waals surface area contributed by atoms with E-state index in [9.17, 15) is 14.7 Å². The van der Waals surface area contributed by atoms with E-state index in [1.54, 1.807) is 35.2 Å². The number of amides is 2. The van der Waals surface area contributed by atoms with Crippen molar-refractivity contribution in [2.45, 2.75) is 0 Å². The number of anilines is 1. The van der Waals surface area contributed by atoms with Crippen molar-refractivity contribution in [1.29, 1.82) is 0 Å². The van der Waals surface area contributed by atoms with Gasteiger partial charge in [0.25, 0.3) is 5.91 Å². The van der Waals surface area contributed by atoms with E-state index in [1.807, 2.05) is 11.0 Å². The summed E-state index contributed by atoms with van der Waals surface area (Å²) in [5.41, 5.74) is 0.859. The molecule has 1 fully saturated rings. The lowest BCUT2D eigenvalue weighted by Crippen LogP contribution is -2.50. The summed E-state index contributed by atoms with van der Waals surface area (Å²) in [6, 6.07) is 11.9. The number of piperazine rings is 1. The summed E-state index contributed by atoms with van der Waals surface area (Å²) in [5, 5.41) is 13.2. The third-order valence-electron chi connectivity index (χ3n) is 4.36. The molecule has 0 unspecified atom stereocenters. The average Bonchev–Trinajstić information content (AvgIpc) is 2.65. The number of phenols is 1. The monoisotopic (exact) mass is 451 g/mol. The van der Waals surface area contributed by atoms with Gasteiger partial charge in [-0.3, -0.25) is 14.5 Å². The van der Waals surface area contributed by atoms with Crippen LogP contribution >= 0.6 is 27.5 Å². The zero-order chi connectivity index (χ0) is 19.4.